The Hall–Kier alpha value is -0.960. The van der Waals surface area contributed by atoms with Crippen molar-refractivity contribution in [2.45, 2.75) is 31.7 Å². The van der Waals surface area contributed by atoms with Crippen molar-refractivity contribution in [3.63, 3.8) is 0 Å². The van der Waals surface area contributed by atoms with E-state index in [1.165, 1.54) is 24.6 Å². The van der Waals surface area contributed by atoms with Crippen LogP contribution in [0.4, 0.5) is 8.78 Å². The summed E-state index contributed by atoms with van der Waals surface area (Å²) in [4.78, 5) is 0. The topological polar surface area (TPSA) is 12.0 Å². The van der Waals surface area contributed by atoms with Gasteiger partial charge in [-0.25, -0.2) is 8.78 Å². The molecular formula is C12H15F2N. The van der Waals surface area contributed by atoms with Gasteiger partial charge in [0.1, 0.15) is 11.6 Å². The molecule has 82 valence electrons. The molecule has 0 amide bonds. The number of hydrogen-bond donors (Lipinski definition) is 1. The summed E-state index contributed by atoms with van der Waals surface area (Å²) in [6.07, 6.45) is 3.59. The van der Waals surface area contributed by atoms with Crippen LogP contribution in [0.3, 0.4) is 0 Å². The van der Waals surface area contributed by atoms with E-state index in [-0.39, 0.29) is 5.56 Å². The van der Waals surface area contributed by atoms with Crippen LogP contribution in [0.5, 0.6) is 0 Å². The van der Waals surface area contributed by atoms with Crippen LogP contribution in [0, 0.1) is 11.6 Å². The van der Waals surface area contributed by atoms with Gasteiger partial charge in [0.2, 0.25) is 0 Å². The van der Waals surface area contributed by atoms with E-state index >= 15 is 0 Å². The van der Waals surface area contributed by atoms with Gasteiger partial charge in [0, 0.05) is 11.6 Å². The van der Waals surface area contributed by atoms with Crippen molar-refractivity contribution in [3.05, 3.63) is 35.4 Å². The Kier molecular flexibility index (Phi) is 3.31. The summed E-state index contributed by atoms with van der Waals surface area (Å²) < 4.78 is 26.5. The van der Waals surface area contributed by atoms with Crippen LogP contribution < -0.4 is 5.32 Å². The third-order valence-corrected chi connectivity index (χ3v) is 2.97. The average molecular weight is 211 g/mol. The molecule has 2 rings (SSSR count). The van der Waals surface area contributed by atoms with Gasteiger partial charge < -0.3 is 5.32 Å². The molecule has 1 aliphatic rings. The Bertz CT molecular complexity index is 312. The van der Waals surface area contributed by atoms with E-state index in [4.69, 9.17) is 0 Å². The molecule has 0 radical (unpaired) electrons. The highest BCUT2D eigenvalue weighted by Gasteiger charge is 2.16. The lowest BCUT2D eigenvalue weighted by Crippen LogP contribution is -2.22. The summed E-state index contributed by atoms with van der Waals surface area (Å²) >= 11 is 0. The van der Waals surface area contributed by atoms with E-state index in [0.717, 1.165) is 19.4 Å². The molecule has 1 heterocycles. The molecule has 0 aliphatic carbocycles. The summed E-state index contributed by atoms with van der Waals surface area (Å²) in [7, 11) is 0. The van der Waals surface area contributed by atoms with E-state index < -0.39 is 11.6 Å². The van der Waals surface area contributed by atoms with Crippen LogP contribution in [0.2, 0.25) is 0 Å². The smallest absolute Gasteiger partial charge is 0.129 e. The Morgan fingerprint density at radius 3 is 2.60 bits per heavy atom. The van der Waals surface area contributed by atoms with Crippen molar-refractivity contribution >= 4 is 0 Å². The minimum atomic E-state index is -0.423. The van der Waals surface area contributed by atoms with Crippen molar-refractivity contribution in [2.24, 2.45) is 0 Å². The monoisotopic (exact) mass is 211 g/mol. The zero-order valence-corrected chi connectivity index (χ0v) is 8.60. The van der Waals surface area contributed by atoms with Crippen molar-refractivity contribution < 1.29 is 8.78 Å². The predicted molar refractivity (Wildman–Crippen MR) is 55.7 cm³/mol. The maximum Gasteiger partial charge on any atom is 0.129 e. The molecule has 1 aliphatic heterocycles. The summed E-state index contributed by atoms with van der Waals surface area (Å²) in [6, 6.07) is 4.48. The second kappa shape index (κ2) is 4.71. The number of hydrogen-bond acceptors (Lipinski definition) is 1. The second-order valence-electron chi connectivity index (χ2n) is 4.03. The summed E-state index contributed by atoms with van der Waals surface area (Å²) in [5.74, 6) is -0.846. The van der Waals surface area contributed by atoms with Gasteiger partial charge in [0.25, 0.3) is 0 Å². The van der Waals surface area contributed by atoms with Crippen LogP contribution in [0.1, 0.15) is 24.8 Å². The molecule has 1 unspecified atom stereocenters. The number of rotatable bonds is 3. The van der Waals surface area contributed by atoms with E-state index in [0.29, 0.717) is 12.5 Å². The molecule has 1 aromatic carbocycles. The van der Waals surface area contributed by atoms with E-state index in [1.54, 1.807) is 0 Å². The standard InChI is InChI=1S/C12H15F2N/c13-11-4-1-5-12(14)10(11)7-6-9-3-2-8-15-9/h1,4-5,9,15H,2-3,6-8H2. The van der Waals surface area contributed by atoms with Gasteiger partial charge in [-0.05, 0) is 44.4 Å². The number of nitrogens with one attached hydrogen (secondary N) is 1. The molecule has 1 atom stereocenters. The fourth-order valence-corrected chi connectivity index (χ4v) is 2.09. The molecule has 1 saturated heterocycles. The molecule has 1 nitrogen and oxygen atoms in total. The zero-order valence-electron chi connectivity index (χ0n) is 8.60. The lowest BCUT2D eigenvalue weighted by molar-refractivity contribution is 0.515. The molecule has 1 N–H and O–H groups in total. The van der Waals surface area contributed by atoms with Crippen LogP contribution in [0.25, 0.3) is 0 Å². The van der Waals surface area contributed by atoms with Crippen LogP contribution in [0.15, 0.2) is 18.2 Å². The maximum absolute atomic E-state index is 13.3. The van der Waals surface area contributed by atoms with Crippen molar-refractivity contribution in [2.75, 3.05) is 6.54 Å². The first-order valence-corrected chi connectivity index (χ1v) is 5.43. The van der Waals surface area contributed by atoms with E-state index in [1.807, 2.05) is 0 Å². The molecule has 1 aromatic rings. The van der Waals surface area contributed by atoms with Crippen LogP contribution in [-0.2, 0) is 6.42 Å². The highest BCUT2D eigenvalue weighted by atomic mass is 19.1. The van der Waals surface area contributed by atoms with Crippen LogP contribution >= 0.6 is 0 Å². The van der Waals surface area contributed by atoms with Gasteiger partial charge in [-0.3, -0.25) is 0 Å². The summed E-state index contributed by atoms with van der Waals surface area (Å²) in [5.41, 5.74) is 0.228. The van der Waals surface area contributed by atoms with Gasteiger partial charge in [0.05, 0.1) is 0 Å². The van der Waals surface area contributed by atoms with Crippen molar-refractivity contribution in [1.82, 2.24) is 5.32 Å². The molecule has 1 fully saturated rings. The quantitative estimate of drug-likeness (QED) is 0.810. The minimum Gasteiger partial charge on any atom is -0.314 e. The zero-order chi connectivity index (χ0) is 10.7. The maximum atomic E-state index is 13.3. The van der Waals surface area contributed by atoms with E-state index in [2.05, 4.69) is 5.32 Å². The first kappa shape index (κ1) is 10.6. The average Bonchev–Trinajstić information content (AvgIpc) is 2.70. The van der Waals surface area contributed by atoms with Gasteiger partial charge in [-0.1, -0.05) is 6.07 Å². The molecule has 0 aromatic heterocycles. The first-order chi connectivity index (χ1) is 7.27. The fourth-order valence-electron chi connectivity index (χ4n) is 2.09. The van der Waals surface area contributed by atoms with Crippen LogP contribution in [-0.4, -0.2) is 12.6 Å². The minimum absolute atomic E-state index is 0.228. The van der Waals surface area contributed by atoms with Crippen molar-refractivity contribution in [3.8, 4) is 0 Å². The number of halogens is 2. The highest BCUT2D eigenvalue weighted by molar-refractivity contribution is 5.19. The van der Waals surface area contributed by atoms with Gasteiger partial charge in [-0.2, -0.15) is 0 Å². The lowest BCUT2D eigenvalue weighted by atomic mass is 10.0. The Labute approximate surface area is 88.5 Å². The fraction of sp³-hybridized carbons (Fsp3) is 0.500. The first-order valence-electron chi connectivity index (χ1n) is 5.43. The van der Waals surface area contributed by atoms with E-state index in [9.17, 15) is 8.78 Å². The summed E-state index contributed by atoms with van der Waals surface area (Å²) in [5, 5.41) is 3.32. The highest BCUT2D eigenvalue weighted by Crippen LogP contribution is 2.17. The summed E-state index contributed by atoms with van der Waals surface area (Å²) in [6.45, 7) is 1.03. The SMILES string of the molecule is Fc1cccc(F)c1CCC1CCCN1. The molecular weight excluding hydrogens is 196 g/mol. The number of benzene rings is 1. The largest absolute Gasteiger partial charge is 0.314 e. The Morgan fingerprint density at radius 1 is 1.27 bits per heavy atom. The second-order valence-corrected chi connectivity index (χ2v) is 4.03. The molecule has 15 heavy (non-hydrogen) atoms. The molecule has 3 heteroatoms. The van der Waals surface area contributed by atoms with Gasteiger partial charge >= 0.3 is 0 Å². The Morgan fingerprint density at radius 2 is 2.00 bits per heavy atom. The normalized spacial score (nSPS) is 20.8. The molecule has 0 bridgehead atoms. The third kappa shape index (κ3) is 2.53. The third-order valence-electron chi connectivity index (χ3n) is 2.97. The Balaban J connectivity index is 1.97. The predicted octanol–water partition coefficient (Wildman–Crippen LogP) is 2.65. The van der Waals surface area contributed by atoms with Gasteiger partial charge in [0.15, 0.2) is 0 Å². The van der Waals surface area contributed by atoms with Crippen molar-refractivity contribution in [1.29, 1.82) is 0 Å². The van der Waals surface area contributed by atoms with Gasteiger partial charge in [-0.15, -0.1) is 0 Å². The lowest BCUT2D eigenvalue weighted by Gasteiger charge is -2.10. The molecule has 0 saturated carbocycles. The molecule has 0 spiro atoms.